The predicted molar refractivity (Wildman–Crippen MR) is 42.0 cm³/mol. The molecule has 0 aromatic rings. The molecule has 48 valence electrons. The molecule has 8 heavy (non-hydrogen) atoms. The van der Waals surface area contributed by atoms with E-state index in [4.69, 9.17) is 0 Å². The fourth-order valence-electron chi connectivity index (χ4n) is 1.32. The Bertz CT molecular complexity index is 90.5. The summed E-state index contributed by atoms with van der Waals surface area (Å²) in [7, 11) is 0. The Hall–Kier alpha value is 1.01. The van der Waals surface area contributed by atoms with Crippen LogP contribution < -0.4 is 0 Å². The Morgan fingerprint density at radius 3 is 2.25 bits per heavy atom. The average Bonchev–Trinajstić information content (AvgIpc) is 1.82. The molecule has 1 aliphatic rings. The van der Waals surface area contributed by atoms with Gasteiger partial charge in [0, 0.05) is 0 Å². The van der Waals surface area contributed by atoms with E-state index in [0.717, 1.165) is 5.92 Å². The second-order valence-corrected chi connectivity index (χ2v) is 20.5. The molecule has 1 rings (SSSR count). The van der Waals surface area contributed by atoms with Gasteiger partial charge in [0.15, 0.2) is 0 Å². The van der Waals surface area contributed by atoms with Gasteiger partial charge < -0.3 is 0 Å². The van der Waals surface area contributed by atoms with Gasteiger partial charge in [-0.15, -0.1) is 0 Å². The first-order valence-electron chi connectivity index (χ1n) is 3.24. The van der Waals surface area contributed by atoms with Crippen molar-refractivity contribution in [2.24, 2.45) is 5.92 Å². The maximum absolute atomic E-state index is 2.57. The summed E-state index contributed by atoms with van der Waals surface area (Å²) >= 11 is 0.534. The van der Waals surface area contributed by atoms with Crippen molar-refractivity contribution in [2.75, 3.05) is 0 Å². The maximum atomic E-state index is 2.57. The van der Waals surface area contributed by atoms with E-state index in [2.05, 4.69) is 20.0 Å². The molecule has 0 bridgehead atoms. The van der Waals surface area contributed by atoms with Crippen molar-refractivity contribution < 1.29 is 0 Å². The zero-order valence-electron chi connectivity index (χ0n) is 5.90. The molecule has 0 aromatic heterocycles. The minimum absolute atomic E-state index is 0.473. The van der Waals surface area contributed by atoms with E-state index in [0.29, 0.717) is 20.1 Å². The van der Waals surface area contributed by atoms with E-state index >= 15 is 0 Å². The van der Waals surface area contributed by atoms with Crippen LogP contribution in [0.2, 0.25) is 23.6 Å². The van der Waals surface area contributed by atoms with Gasteiger partial charge in [-0.25, -0.2) is 0 Å². The molecule has 0 amide bonds. The van der Waals surface area contributed by atoms with Crippen LogP contribution in [0, 0.1) is 5.92 Å². The Kier molecular flexibility index (Phi) is 2.07. The Morgan fingerprint density at radius 1 is 1.50 bits per heavy atom. The van der Waals surface area contributed by atoms with Gasteiger partial charge in [0.1, 0.15) is 0 Å². The first-order valence-corrected chi connectivity index (χ1v) is 11.5. The molecule has 2 heteroatoms. The fourth-order valence-corrected chi connectivity index (χ4v) is 14.7. The van der Waals surface area contributed by atoms with Gasteiger partial charge in [0.25, 0.3) is 0 Å². The van der Waals surface area contributed by atoms with Crippen molar-refractivity contribution in [1.82, 2.24) is 0 Å². The summed E-state index contributed by atoms with van der Waals surface area (Å²) in [6, 6.07) is 1.63. The van der Waals surface area contributed by atoms with E-state index in [9.17, 15) is 0 Å². The summed E-state index contributed by atoms with van der Waals surface area (Å²) in [6.45, 7) is 7.56. The van der Waals surface area contributed by atoms with E-state index in [1.807, 2.05) is 0 Å². The van der Waals surface area contributed by atoms with Gasteiger partial charge in [-0.05, 0) is 0 Å². The summed E-state index contributed by atoms with van der Waals surface area (Å²) < 4.78 is 1.64. The fraction of sp³-hybridized carbons (Fsp3) is 1.00. The van der Waals surface area contributed by atoms with Crippen LogP contribution in [0.4, 0.5) is 0 Å². The summed E-state index contributed by atoms with van der Waals surface area (Å²) in [4.78, 5) is 0. The van der Waals surface area contributed by atoms with Gasteiger partial charge in [-0.3, -0.25) is 0 Å². The van der Waals surface area contributed by atoms with Gasteiger partial charge >= 0.3 is 62.2 Å². The van der Waals surface area contributed by atoms with E-state index in [1.165, 1.54) is 0 Å². The normalized spacial score (nSPS) is 35.6. The topological polar surface area (TPSA) is 0 Å². The molecular weight excluding hydrogens is 228 g/mol. The third-order valence-corrected chi connectivity index (χ3v) is 15.4. The second kappa shape index (κ2) is 2.32. The van der Waals surface area contributed by atoms with Crippen LogP contribution in [-0.4, -0.2) is 25.8 Å². The summed E-state index contributed by atoms with van der Waals surface area (Å²) in [5, 5.41) is 0. The van der Waals surface area contributed by atoms with Crippen molar-refractivity contribution in [2.45, 2.75) is 30.5 Å². The van der Waals surface area contributed by atoms with E-state index < -0.39 is 5.62 Å². The van der Waals surface area contributed by atoms with Crippen LogP contribution >= 0.6 is 0 Å². The van der Waals surface area contributed by atoms with Crippen molar-refractivity contribution in [3.63, 3.8) is 0 Å². The van der Waals surface area contributed by atoms with Crippen molar-refractivity contribution >= 4 is 25.8 Å². The third-order valence-electron chi connectivity index (χ3n) is 1.60. The van der Waals surface area contributed by atoms with Crippen LogP contribution in [0.3, 0.4) is 0 Å². The van der Waals surface area contributed by atoms with Crippen molar-refractivity contribution in [3.05, 3.63) is 0 Å². The molecule has 0 nitrogen and oxygen atoms in total. The van der Waals surface area contributed by atoms with E-state index in [-0.39, 0.29) is 0 Å². The Morgan fingerprint density at radius 2 is 2.12 bits per heavy atom. The van der Waals surface area contributed by atoms with Crippen LogP contribution in [0.15, 0.2) is 0 Å². The molecule has 0 spiro atoms. The van der Waals surface area contributed by atoms with Crippen LogP contribution in [0.5, 0.6) is 0 Å². The monoisotopic (exact) mass is 244 g/mol. The summed E-state index contributed by atoms with van der Waals surface area (Å²) in [6.07, 6.45) is 0. The number of rotatable bonds is 0. The predicted octanol–water partition coefficient (Wildman–Crippen LogP) is 1.96. The van der Waals surface area contributed by atoms with Crippen LogP contribution in [0.25, 0.3) is 0 Å². The molecule has 0 radical (unpaired) electrons. The molecule has 0 saturated carbocycles. The van der Waals surface area contributed by atoms with Crippen LogP contribution in [0.1, 0.15) is 6.92 Å². The molecule has 1 fully saturated rings. The van der Waals surface area contributed by atoms with Crippen LogP contribution in [-0.2, 0) is 0 Å². The average molecular weight is 242 g/mol. The summed E-state index contributed by atoms with van der Waals surface area (Å²) in [5.41, 5.74) is -0.473. The van der Waals surface area contributed by atoms with Gasteiger partial charge in [-0.2, -0.15) is 0 Å². The first kappa shape index (κ1) is 7.12. The number of hydrogen-bond donors (Lipinski definition) is 0. The molecule has 0 aromatic carbocycles. The molecule has 0 N–H and O–H groups in total. The molecular formula is C6H14SiTe. The zero-order chi connectivity index (χ0) is 6.20. The Labute approximate surface area is 62.2 Å². The third kappa shape index (κ3) is 1.75. The standard InChI is InChI=1S/C6H14SiTe/c1-6-4-7(2,3)8-5-6/h6H,4-5H2,1-3H3. The molecule has 1 aliphatic heterocycles. The molecule has 1 heterocycles. The Balaban J connectivity index is 2.44. The molecule has 0 aliphatic carbocycles. The van der Waals surface area contributed by atoms with Gasteiger partial charge in [0.05, 0.1) is 0 Å². The number of hydrogen-bond acceptors (Lipinski definition) is 0. The first-order chi connectivity index (χ1) is 3.60. The quantitative estimate of drug-likeness (QED) is 0.569. The molecule has 1 atom stereocenters. The summed E-state index contributed by atoms with van der Waals surface area (Å²) in [5.74, 6) is 1.11. The van der Waals surface area contributed by atoms with Gasteiger partial charge in [-0.1, -0.05) is 0 Å². The van der Waals surface area contributed by atoms with Crippen molar-refractivity contribution in [1.29, 1.82) is 0 Å². The second-order valence-electron chi connectivity index (χ2n) is 3.38. The zero-order valence-corrected chi connectivity index (χ0v) is 9.23. The molecule has 1 unspecified atom stereocenters. The van der Waals surface area contributed by atoms with Gasteiger partial charge in [0.2, 0.25) is 0 Å². The van der Waals surface area contributed by atoms with Crippen molar-refractivity contribution in [3.8, 4) is 0 Å². The minimum atomic E-state index is -0.473. The van der Waals surface area contributed by atoms with E-state index in [1.54, 1.807) is 10.5 Å². The SMILES string of the molecule is CC1C[Te][Si](C)(C)C1. The molecule has 1 saturated heterocycles.